The molecule has 204 valence electrons. The van der Waals surface area contributed by atoms with E-state index in [4.69, 9.17) is 27.9 Å². The molecule has 0 saturated heterocycles. The van der Waals surface area contributed by atoms with Crippen molar-refractivity contribution >= 4 is 44.8 Å². The molecule has 3 aromatic rings. The van der Waals surface area contributed by atoms with Crippen LogP contribution >= 0.6 is 23.2 Å². The summed E-state index contributed by atoms with van der Waals surface area (Å²) < 4.78 is 34.8. The fourth-order valence-corrected chi connectivity index (χ4v) is 5.34. The quantitative estimate of drug-likeness (QED) is 0.195. The second kappa shape index (κ2) is 14.4. The lowest BCUT2D eigenvalue weighted by Gasteiger charge is -2.24. The molecule has 1 amide bonds. The summed E-state index contributed by atoms with van der Waals surface area (Å²) in [6.07, 6.45) is 5.89. The number of nitrogens with one attached hydrogen (secondary N) is 1. The maximum atomic E-state index is 13.6. The van der Waals surface area contributed by atoms with Gasteiger partial charge in [-0.3, -0.25) is 9.52 Å². The molecular weight excluding hydrogens is 543 g/mol. The molecule has 0 radical (unpaired) electrons. The van der Waals surface area contributed by atoms with Crippen molar-refractivity contribution in [2.75, 3.05) is 17.8 Å². The van der Waals surface area contributed by atoms with Gasteiger partial charge in [-0.25, -0.2) is 8.42 Å². The predicted octanol–water partition coefficient (Wildman–Crippen LogP) is 8.41. The van der Waals surface area contributed by atoms with Crippen LogP contribution in [0.5, 0.6) is 11.5 Å². The average Bonchev–Trinajstić information content (AvgIpc) is 2.90. The van der Waals surface area contributed by atoms with Crippen LogP contribution in [-0.4, -0.2) is 32.3 Å². The molecule has 0 fully saturated rings. The van der Waals surface area contributed by atoms with Crippen molar-refractivity contribution < 1.29 is 17.9 Å². The van der Waals surface area contributed by atoms with Gasteiger partial charge in [-0.15, -0.1) is 0 Å². The molecule has 0 unspecified atom stereocenters. The summed E-state index contributed by atoms with van der Waals surface area (Å²) in [5.74, 6) is 0.671. The molecule has 0 saturated carbocycles. The first-order chi connectivity index (χ1) is 18.2. The predicted molar refractivity (Wildman–Crippen MR) is 155 cm³/mol. The molecule has 0 bridgehead atoms. The Morgan fingerprint density at radius 2 is 1.50 bits per heavy atom. The molecule has 0 aromatic heterocycles. The molecule has 3 aromatic carbocycles. The summed E-state index contributed by atoms with van der Waals surface area (Å²) in [5.41, 5.74) is 0.416. The molecule has 0 aliphatic carbocycles. The lowest BCUT2D eigenvalue weighted by Crippen LogP contribution is -2.33. The Bertz CT molecular complexity index is 1300. The van der Waals surface area contributed by atoms with Crippen molar-refractivity contribution in [2.24, 2.45) is 0 Å². The number of halogens is 2. The number of para-hydroxylation sites is 1. The maximum absolute atomic E-state index is 13.6. The molecule has 38 heavy (non-hydrogen) atoms. The summed E-state index contributed by atoms with van der Waals surface area (Å²) in [6.45, 7) is 5.45. The second-order valence-corrected chi connectivity index (χ2v) is 11.5. The van der Waals surface area contributed by atoms with E-state index >= 15 is 0 Å². The van der Waals surface area contributed by atoms with Gasteiger partial charge in [0.05, 0.1) is 21.2 Å². The van der Waals surface area contributed by atoms with Gasteiger partial charge in [0, 0.05) is 18.1 Å². The summed E-state index contributed by atoms with van der Waals surface area (Å²) >= 11 is 12.4. The van der Waals surface area contributed by atoms with Gasteiger partial charge in [-0.2, -0.15) is 0 Å². The van der Waals surface area contributed by atoms with E-state index in [1.165, 1.54) is 24.3 Å². The van der Waals surface area contributed by atoms with Crippen molar-refractivity contribution in [3.05, 3.63) is 82.3 Å². The van der Waals surface area contributed by atoms with Crippen LogP contribution in [0.25, 0.3) is 0 Å². The largest absolute Gasteiger partial charge is 0.456 e. The molecule has 1 N–H and O–H groups in total. The summed E-state index contributed by atoms with van der Waals surface area (Å²) in [7, 11) is -3.99. The Morgan fingerprint density at radius 3 is 2.11 bits per heavy atom. The van der Waals surface area contributed by atoms with Crippen LogP contribution in [-0.2, 0) is 10.0 Å². The Balaban J connectivity index is 1.82. The Kier molecular flexibility index (Phi) is 11.3. The van der Waals surface area contributed by atoms with E-state index in [0.717, 1.165) is 38.5 Å². The number of unbranched alkanes of at least 4 members (excludes halogenated alkanes) is 4. The van der Waals surface area contributed by atoms with E-state index in [0.29, 0.717) is 34.6 Å². The maximum Gasteiger partial charge on any atom is 0.261 e. The van der Waals surface area contributed by atoms with E-state index in [-0.39, 0.29) is 22.1 Å². The first-order valence-corrected chi connectivity index (χ1v) is 15.1. The number of benzene rings is 3. The van der Waals surface area contributed by atoms with Crippen molar-refractivity contribution in [1.29, 1.82) is 0 Å². The normalized spacial score (nSPS) is 11.3. The average molecular weight is 578 g/mol. The number of carbonyl (C=O) groups excluding carboxylic acids is 1. The van der Waals surface area contributed by atoms with Gasteiger partial charge in [-0.1, -0.05) is 74.9 Å². The van der Waals surface area contributed by atoms with Gasteiger partial charge in [0.1, 0.15) is 11.5 Å². The van der Waals surface area contributed by atoms with Crippen LogP contribution in [0.4, 0.5) is 5.69 Å². The fourth-order valence-electron chi connectivity index (χ4n) is 3.92. The van der Waals surface area contributed by atoms with E-state index in [1.54, 1.807) is 47.4 Å². The number of hydrogen-bond acceptors (Lipinski definition) is 4. The Morgan fingerprint density at radius 1 is 0.868 bits per heavy atom. The second-order valence-electron chi connectivity index (χ2n) is 9.01. The molecule has 9 heteroatoms. The molecule has 0 heterocycles. The number of carbonyl (C=O) groups is 1. The van der Waals surface area contributed by atoms with Crippen molar-refractivity contribution in [3.63, 3.8) is 0 Å². The fraction of sp³-hybridized carbons (Fsp3) is 0.345. The van der Waals surface area contributed by atoms with E-state index < -0.39 is 10.0 Å². The Hall–Kier alpha value is -2.74. The summed E-state index contributed by atoms with van der Waals surface area (Å²) in [5, 5.41) is 0.809. The minimum Gasteiger partial charge on any atom is -0.456 e. The first-order valence-electron chi connectivity index (χ1n) is 12.9. The molecular formula is C29H34Cl2N2O4S. The smallest absolute Gasteiger partial charge is 0.261 e. The molecule has 0 aliphatic heterocycles. The third kappa shape index (κ3) is 8.38. The van der Waals surface area contributed by atoms with Crippen LogP contribution in [0.2, 0.25) is 10.0 Å². The third-order valence-electron chi connectivity index (χ3n) is 6.01. The number of amides is 1. The third-order valence-corrected chi connectivity index (χ3v) is 7.93. The molecule has 3 rings (SSSR count). The number of anilines is 1. The zero-order valence-corrected chi connectivity index (χ0v) is 24.1. The molecule has 6 nitrogen and oxygen atoms in total. The van der Waals surface area contributed by atoms with Gasteiger partial charge in [0.25, 0.3) is 15.9 Å². The van der Waals surface area contributed by atoms with Crippen LogP contribution in [0.1, 0.15) is 62.7 Å². The first kappa shape index (κ1) is 29.8. The van der Waals surface area contributed by atoms with Gasteiger partial charge in [0.15, 0.2) is 0 Å². The molecule has 0 atom stereocenters. The highest BCUT2D eigenvalue weighted by molar-refractivity contribution is 7.92. The van der Waals surface area contributed by atoms with Crippen LogP contribution < -0.4 is 9.46 Å². The monoisotopic (exact) mass is 576 g/mol. The van der Waals surface area contributed by atoms with Crippen LogP contribution in [0.3, 0.4) is 0 Å². The van der Waals surface area contributed by atoms with Gasteiger partial charge < -0.3 is 9.64 Å². The van der Waals surface area contributed by atoms with Gasteiger partial charge in [-0.05, 0) is 67.4 Å². The number of rotatable bonds is 14. The minimum absolute atomic E-state index is 0.0279. The highest BCUT2D eigenvalue weighted by atomic mass is 35.5. The van der Waals surface area contributed by atoms with E-state index in [9.17, 15) is 13.2 Å². The minimum atomic E-state index is -3.99. The number of hydrogen-bond donors (Lipinski definition) is 1. The van der Waals surface area contributed by atoms with Crippen LogP contribution in [0, 0.1) is 0 Å². The Labute approximate surface area is 236 Å². The lowest BCUT2D eigenvalue weighted by molar-refractivity contribution is 0.0750. The van der Waals surface area contributed by atoms with E-state index in [2.05, 4.69) is 18.6 Å². The summed E-state index contributed by atoms with van der Waals surface area (Å²) in [4.78, 5) is 15.4. The van der Waals surface area contributed by atoms with Gasteiger partial charge >= 0.3 is 0 Å². The molecule has 0 aliphatic rings. The zero-order valence-electron chi connectivity index (χ0n) is 21.8. The van der Waals surface area contributed by atoms with Crippen LogP contribution in [0.15, 0.2) is 71.6 Å². The molecule has 0 spiro atoms. The highest BCUT2D eigenvalue weighted by Gasteiger charge is 2.23. The number of sulfonamides is 1. The standard InChI is InChI=1S/C29H34Cl2N2O4S/c1-3-5-9-19-33(20-10-6-4-2)29(34)25-21-22(30)13-18-27(25)32-38(35,36)24-16-14-23(15-17-24)37-28-12-8-7-11-26(28)31/h7-8,11-18,21,32H,3-6,9-10,19-20H2,1-2H3. The highest BCUT2D eigenvalue weighted by Crippen LogP contribution is 2.30. The number of ether oxygens (including phenoxy) is 1. The van der Waals surface area contributed by atoms with Crippen molar-refractivity contribution in [1.82, 2.24) is 4.90 Å². The summed E-state index contributed by atoms with van der Waals surface area (Å²) in [6, 6.07) is 17.6. The zero-order chi connectivity index (χ0) is 27.5. The lowest BCUT2D eigenvalue weighted by atomic mass is 10.1. The van der Waals surface area contributed by atoms with Crippen molar-refractivity contribution in [2.45, 2.75) is 57.3 Å². The van der Waals surface area contributed by atoms with Crippen molar-refractivity contribution in [3.8, 4) is 11.5 Å². The van der Waals surface area contributed by atoms with E-state index in [1.807, 2.05) is 0 Å². The number of nitrogens with zero attached hydrogens (tertiary/aromatic N) is 1. The SMILES string of the molecule is CCCCCN(CCCCC)C(=O)c1cc(Cl)ccc1NS(=O)(=O)c1ccc(Oc2ccccc2Cl)cc1. The topological polar surface area (TPSA) is 75.7 Å². The van der Waals surface area contributed by atoms with Gasteiger partial charge in [0.2, 0.25) is 0 Å².